The zero-order valence-corrected chi connectivity index (χ0v) is 2.71. The molecule has 0 radical (unpaired) electrons. The van der Waals surface area contributed by atoms with Gasteiger partial charge in [-0.25, -0.2) is 9.59 Å². The van der Waals surface area contributed by atoms with Crippen molar-refractivity contribution in [2.45, 2.75) is 0 Å². The van der Waals surface area contributed by atoms with Crippen LogP contribution in [0.3, 0.4) is 0 Å². The van der Waals surface area contributed by atoms with Crippen molar-refractivity contribution in [3.05, 3.63) is 0 Å². The van der Waals surface area contributed by atoms with Gasteiger partial charge in [0.15, 0.2) is 0 Å². The van der Waals surface area contributed by atoms with E-state index in [2.05, 4.69) is 0 Å². The molecule has 0 spiro atoms. The van der Waals surface area contributed by atoms with Gasteiger partial charge in [0.2, 0.25) is 0 Å². The van der Waals surface area contributed by atoms with Crippen molar-refractivity contribution >= 4 is 22.1 Å². The van der Waals surface area contributed by atoms with Crippen LogP contribution in [-0.2, 0) is 9.59 Å². The molecule has 0 aromatic carbocycles. The fourth-order valence-corrected chi connectivity index (χ4v) is 0. The second-order valence-corrected chi connectivity index (χ2v) is 0.610. The number of hydrogen-bond acceptors (Lipinski definition) is 2. The van der Waals surface area contributed by atoms with Gasteiger partial charge in [-0.2, -0.15) is 0 Å². The fourth-order valence-electron chi connectivity index (χ4n) is 0. The van der Waals surface area contributed by atoms with Crippen LogP contribution in [0.15, 0.2) is 0 Å². The average molecular weight is 101 g/mol. The maximum atomic E-state index is 9.10. The van der Waals surface area contributed by atoms with Crippen molar-refractivity contribution < 1.29 is 19.8 Å². The molecule has 0 atom stereocenters. The zero-order chi connectivity index (χ0) is 5.15. The molecule has 0 saturated carbocycles. The molecular formula is C2H4BeO4. The van der Waals surface area contributed by atoms with Gasteiger partial charge in [-0.15, -0.1) is 0 Å². The minimum absolute atomic E-state index is 0. The molecular weight excluding hydrogens is 97.0 g/mol. The Morgan fingerprint density at radius 2 is 1.14 bits per heavy atom. The average Bonchev–Trinajstić information content (AvgIpc) is 1.36. The van der Waals surface area contributed by atoms with Crippen LogP contribution in [0.4, 0.5) is 0 Å². The third kappa shape index (κ3) is 5.11. The summed E-state index contributed by atoms with van der Waals surface area (Å²) >= 11 is 0. The van der Waals surface area contributed by atoms with Gasteiger partial charge >= 0.3 is 22.1 Å². The maximum absolute atomic E-state index is 9.10. The molecule has 0 aliphatic rings. The number of hydrogen-bond donors (Lipinski definition) is 2. The van der Waals surface area contributed by atoms with Gasteiger partial charge in [0, 0.05) is 0 Å². The molecule has 0 rings (SSSR count). The summed E-state index contributed by atoms with van der Waals surface area (Å²) in [6, 6.07) is 0. The van der Waals surface area contributed by atoms with Crippen molar-refractivity contribution in [2.75, 3.05) is 0 Å². The molecule has 38 valence electrons. The first kappa shape index (κ1) is 9.44. The Morgan fingerprint density at radius 3 is 1.14 bits per heavy atom. The Morgan fingerprint density at radius 1 is 1.00 bits per heavy atom. The molecule has 2 N–H and O–H groups in total. The Kier molecular flexibility index (Phi) is 4.46. The summed E-state index contributed by atoms with van der Waals surface area (Å²) in [7, 11) is 0. The predicted octanol–water partition coefficient (Wildman–Crippen LogP) is -1.76. The zero-order valence-electron chi connectivity index (χ0n) is 2.71. The summed E-state index contributed by atoms with van der Waals surface area (Å²) in [5.74, 6) is -3.65. The molecule has 0 aliphatic carbocycles. The third-order valence-corrected chi connectivity index (χ3v) is 0.183. The minimum atomic E-state index is -1.82. The SMILES string of the molecule is O=C(O)C(=O)O.[BeH2]. The second kappa shape index (κ2) is 3.30. The van der Waals surface area contributed by atoms with E-state index in [1.54, 1.807) is 0 Å². The summed E-state index contributed by atoms with van der Waals surface area (Å²) in [6.45, 7) is 0. The van der Waals surface area contributed by atoms with E-state index in [9.17, 15) is 0 Å². The van der Waals surface area contributed by atoms with Gasteiger partial charge in [-0.1, -0.05) is 0 Å². The normalized spacial score (nSPS) is 6.29. The molecule has 5 heteroatoms. The molecule has 0 aromatic heterocycles. The van der Waals surface area contributed by atoms with E-state index in [4.69, 9.17) is 19.8 Å². The number of rotatable bonds is 0. The number of carboxylic acids is 2. The standard InChI is InChI=1S/C2H2O4.Be.2H/c3-1(4)2(5)6;;;/h(H,3,4)(H,5,6);;;. The van der Waals surface area contributed by atoms with Crippen LogP contribution in [0.2, 0.25) is 0 Å². The van der Waals surface area contributed by atoms with Crippen molar-refractivity contribution in [3.63, 3.8) is 0 Å². The summed E-state index contributed by atoms with van der Waals surface area (Å²) in [6.07, 6.45) is 0. The van der Waals surface area contributed by atoms with Crippen LogP contribution in [0.25, 0.3) is 0 Å². The first-order chi connectivity index (χ1) is 2.64. The number of aliphatic carboxylic acids is 2. The predicted molar refractivity (Wildman–Crippen MR) is 23.8 cm³/mol. The molecule has 0 amide bonds. The molecule has 0 aromatic rings. The van der Waals surface area contributed by atoms with Crippen molar-refractivity contribution in [3.8, 4) is 0 Å². The van der Waals surface area contributed by atoms with Gasteiger partial charge in [0.1, 0.15) is 0 Å². The molecule has 0 aliphatic heterocycles. The molecule has 0 saturated heterocycles. The van der Waals surface area contributed by atoms with Gasteiger partial charge < -0.3 is 10.2 Å². The Balaban J connectivity index is 0. The van der Waals surface area contributed by atoms with Crippen LogP contribution in [-0.4, -0.2) is 32.3 Å². The van der Waals surface area contributed by atoms with Crippen molar-refractivity contribution in [1.82, 2.24) is 0 Å². The summed E-state index contributed by atoms with van der Waals surface area (Å²) < 4.78 is 0. The Hall–Kier alpha value is -0.891. The number of carbonyl (C=O) groups is 2. The molecule has 7 heavy (non-hydrogen) atoms. The van der Waals surface area contributed by atoms with Gasteiger partial charge in [0.25, 0.3) is 0 Å². The van der Waals surface area contributed by atoms with Crippen molar-refractivity contribution in [1.29, 1.82) is 0 Å². The quantitative estimate of drug-likeness (QED) is 0.280. The van der Waals surface area contributed by atoms with Gasteiger partial charge in [0.05, 0.1) is 0 Å². The van der Waals surface area contributed by atoms with Crippen LogP contribution in [0.1, 0.15) is 0 Å². The molecule has 0 fully saturated rings. The first-order valence-electron chi connectivity index (χ1n) is 1.11. The van der Waals surface area contributed by atoms with Crippen LogP contribution in [0, 0.1) is 0 Å². The number of carboxylic acid groups (broad SMARTS) is 2. The summed E-state index contributed by atoms with van der Waals surface area (Å²) in [4.78, 5) is 18.2. The first-order valence-corrected chi connectivity index (χ1v) is 1.11. The van der Waals surface area contributed by atoms with E-state index in [1.807, 2.05) is 0 Å². The summed E-state index contributed by atoms with van der Waals surface area (Å²) in [5.41, 5.74) is 0. The van der Waals surface area contributed by atoms with Crippen molar-refractivity contribution in [2.24, 2.45) is 0 Å². The van der Waals surface area contributed by atoms with Gasteiger partial charge in [-0.3, -0.25) is 0 Å². The topological polar surface area (TPSA) is 74.6 Å². The monoisotopic (exact) mass is 101 g/mol. The van der Waals surface area contributed by atoms with E-state index in [1.165, 1.54) is 0 Å². The van der Waals surface area contributed by atoms with E-state index < -0.39 is 11.9 Å². The molecule has 0 bridgehead atoms. The molecule has 4 nitrogen and oxygen atoms in total. The van der Waals surface area contributed by atoms with Crippen LogP contribution >= 0.6 is 0 Å². The Labute approximate surface area is 43.0 Å². The van der Waals surface area contributed by atoms with Crippen LogP contribution in [0.5, 0.6) is 0 Å². The third-order valence-electron chi connectivity index (χ3n) is 0.183. The fraction of sp³-hybridized carbons (Fsp3) is 0. The van der Waals surface area contributed by atoms with Gasteiger partial charge in [-0.05, 0) is 0 Å². The Bertz CT molecular complexity index is 75.7. The second-order valence-electron chi connectivity index (χ2n) is 0.610. The van der Waals surface area contributed by atoms with E-state index >= 15 is 0 Å². The molecule has 0 unspecified atom stereocenters. The summed E-state index contributed by atoms with van der Waals surface area (Å²) in [5, 5.41) is 14.8. The van der Waals surface area contributed by atoms with E-state index in [-0.39, 0.29) is 10.1 Å². The van der Waals surface area contributed by atoms with E-state index in [0.717, 1.165) is 0 Å². The molecule has 0 heterocycles. The van der Waals surface area contributed by atoms with Crippen LogP contribution < -0.4 is 0 Å². The van der Waals surface area contributed by atoms with E-state index in [0.29, 0.717) is 0 Å².